The zero-order chi connectivity index (χ0) is 40.1. The van der Waals surface area contributed by atoms with Gasteiger partial charge in [-0.2, -0.15) is 0 Å². The summed E-state index contributed by atoms with van der Waals surface area (Å²) in [4.78, 5) is 39.1. The van der Waals surface area contributed by atoms with Gasteiger partial charge in [0.25, 0.3) is 0 Å². The summed E-state index contributed by atoms with van der Waals surface area (Å²) in [5.74, 6) is 0.332. The molecule has 0 saturated carbocycles. The van der Waals surface area contributed by atoms with Crippen LogP contribution in [-0.2, 0) is 17.1 Å². The van der Waals surface area contributed by atoms with Gasteiger partial charge in [-0.25, -0.2) is 9.97 Å². The Bertz CT molecular complexity index is 2840. The Balaban J connectivity index is 0.00000455. The standard InChI is InChI=1S/C32Br8Cl8N8.Cu/c33-9-10(34)18(42)2-1(17(9)41)25-49-26(2)54-28-5-6(22(46)14(38)13(37)21(5)45)30(51-28)56-32-8-7(23(47)15(39)16(40)24(8)48)31(52-32)55-29-4-3(27(50-29)53-25)19(43)11(35)12(36)20(4)44;/q-2;+2. The third-order valence-corrected chi connectivity index (χ3v) is 21.9. The van der Waals surface area contributed by atoms with Crippen LogP contribution < -0.4 is 9.97 Å². The summed E-state index contributed by atoms with van der Waals surface area (Å²) < 4.78 is 3.57. The molecule has 0 atom stereocenters. The molecule has 57 heavy (non-hydrogen) atoms. The monoisotopic (exact) mass is 1470 g/mol. The van der Waals surface area contributed by atoms with Crippen molar-refractivity contribution in [1.82, 2.24) is 39.9 Å². The molecule has 0 N–H and O–H groups in total. The molecule has 25 heteroatoms. The number of fused-ring (bicyclic) bond motifs is 20. The first-order valence-corrected chi connectivity index (χ1v) is 24.0. The number of nitrogens with zero attached hydrogens (tertiary/aromatic N) is 8. The Morgan fingerprint density at radius 2 is 0.456 bits per heavy atom. The van der Waals surface area contributed by atoms with E-state index in [2.05, 4.69) is 127 Å². The van der Waals surface area contributed by atoms with E-state index in [0.29, 0.717) is 79.6 Å². The van der Waals surface area contributed by atoms with Crippen molar-refractivity contribution in [1.29, 1.82) is 0 Å². The third kappa shape index (κ3) is 6.63. The Kier molecular flexibility index (Phi) is 12.6. The minimum absolute atomic E-state index is 0. The topological polar surface area (TPSA) is 106 Å². The number of rotatable bonds is 0. The summed E-state index contributed by atoms with van der Waals surface area (Å²) in [6.45, 7) is 0. The summed E-state index contributed by atoms with van der Waals surface area (Å²) in [5, 5.41) is 3.13. The number of aromatic nitrogens is 8. The van der Waals surface area contributed by atoms with Crippen LogP contribution in [0, 0.1) is 0 Å². The van der Waals surface area contributed by atoms with Crippen molar-refractivity contribution in [2.45, 2.75) is 0 Å². The van der Waals surface area contributed by atoms with Gasteiger partial charge in [0.1, 0.15) is 0 Å². The van der Waals surface area contributed by atoms with Crippen molar-refractivity contribution in [2.75, 3.05) is 0 Å². The van der Waals surface area contributed by atoms with Gasteiger partial charge in [-0.3, -0.25) is 0 Å². The molecule has 0 unspecified atom stereocenters. The van der Waals surface area contributed by atoms with E-state index in [9.17, 15) is 0 Å². The fourth-order valence-electron chi connectivity index (χ4n) is 6.10. The first-order valence-electron chi connectivity index (χ1n) is 14.6. The Labute approximate surface area is 436 Å². The van der Waals surface area contributed by atoms with Gasteiger partial charge in [0.05, 0.1) is 99.3 Å². The molecule has 0 aliphatic carbocycles. The van der Waals surface area contributed by atoms with Crippen molar-refractivity contribution in [3.05, 3.63) is 76.0 Å². The van der Waals surface area contributed by atoms with Crippen LogP contribution in [0.1, 0.15) is 0 Å². The average Bonchev–Trinajstić information content (AvgIpc) is 3.92. The molecule has 8 bridgehead atoms. The van der Waals surface area contributed by atoms with E-state index in [1.54, 1.807) is 0 Å². The molecule has 0 fully saturated rings. The molecule has 0 amide bonds. The molecule has 291 valence electrons. The van der Waals surface area contributed by atoms with Gasteiger partial charge in [0.15, 0.2) is 0 Å². The van der Waals surface area contributed by atoms with Gasteiger partial charge in [0, 0.05) is 66.4 Å². The van der Waals surface area contributed by atoms with E-state index in [4.69, 9.17) is 133 Å². The van der Waals surface area contributed by atoms with Gasteiger partial charge in [-0.1, -0.05) is 92.8 Å². The van der Waals surface area contributed by atoms with Crippen LogP contribution in [0.3, 0.4) is 0 Å². The molecule has 2 aliphatic heterocycles. The van der Waals surface area contributed by atoms with Crippen LogP contribution >= 0.6 is 220 Å². The predicted molar refractivity (Wildman–Crippen MR) is 256 cm³/mol. The van der Waals surface area contributed by atoms with Gasteiger partial charge in [-0.05, 0) is 127 Å². The smallest absolute Gasteiger partial charge is 0.357 e. The molecule has 5 heterocycles. The van der Waals surface area contributed by atoms with Crippen molar-refractivity contribution in [2.24, 2.45) is 0 Å². The van der Waals surface area contributed by atoms with Crippen LogP contribution in [0.2, 0.25) is 40.2 Å². The summed E-state index contributed by atoms with van der Waals surface area (Å²) in [6, 6.07) is 0. The number of hydrogen-bond donors (Lipinski definition) is 0. The number of benzene rings is 4. The fourth-order valence-corrected chi connectivity index (χ4v) is 12.4. The largest absolute Gasteiger partial charge is 2.00 e. The van der Waals surface area contributed by atoms with E-state index < -0.39 is 0 Å². The second-order valence-corrected chi connectivity index (χ2v) is 20.9. The van der Waals surface area contributed by atoms with Crippen LogP contribution in [0.15, 0.2) is 35.8 Å². The maximum absolute atomic E-state index is 7.02. The average molecular weight is 1480 g/mol. The molecular weight excluding hydrogens is 1480 g/mol. The predicted octanol–water partition coefficient (Wildman–Crippen LogP) is 17.5. The Morgan fingerprint density at radius 3 is 0.649 bits per heavy atom. The maximum Gasteiger partial charge on any atom is 2.00 e. The van der Waals surface area contributed by atoms with Crippen LogP contribution in [0.4, 0.5) is 0 Å². The van der Waals surface area contributed by atoms with E-state index in [-0.39, 0.29) is 103 Å². The van der Waals surface area contributed by atoms with Crippen LogP contribution in [-0.4, -0.2) is 29.9 Å². The van der Waals surface area contributed by atoms with E-state index in [0.717, 1.165) is 0 Å². The molecule has 0 spiro atoms. The molecule has 4 aromatic carbocycles. The summed E-state index contributed by atoms with van der Waals surface area (Å²) >= 11 is 84.4. The van der Waals surface area contributed by atoms with Crippen molar-refractivity contribution >= 4 is 264 Å². The minimum atomic E-state index is 0. The molecule has 7 aromatic rings. The molecule has 3 aromatic heterocycles. The summed E-state index contributed by atoms with van der Waals surface area (Å²) in [6.07, 6.45) is 0. The normalized spacial score (nSPS) is 12.1. The van der Waals surface area contributed by atoms with E-state index in [1.807, 2.05) is 0 Å². The zero-order valence-corrected chi connectivity index (χ0v) is 45.6. The van der Waals surface area contributed by atoms with Gasteiger partial charge >= 0.3 is 17.1 Å². The molecular formula is C32Br8Cl8CuN8. The molecule has 0 saturated heterocycles. The Morgan fingerprint density at radius 1 is 0.281 bits per heavy atom. The van der Waals surface area contributed by atoms with Crippen molar-refractivity contribution in [3.63, 3.8) is 0 Å². The molecule has 9 rings (SSSR count). The van der Waals surface area contributed by atoms with E-state index >= 15 is 0 Å². The molecule has 8 nitrogen and oxygen atoms in total. The molecule has 1 radical (unpaired) electrons. The number of hydrogen-bond acceptors (Lipinski definition) is 6. The Hall–Kier alpha value is 0.919. The van der Waals surface area contributed by atoms with Gasteiger partial charge in [-0.15, -0.1) is 0 Å². The van der Waals surface area contributed by atoms with Crippen LogP contribution in [0.25, 0.3) is 89.7 Å². The van der Waals surface area contributed by atoms with Gasteiger partial charge < -0.3 is 29.9 Å². The zero-order valence-electron chi connectivity index (χ0n) is 25.9. The summed E-state index contributed by atoms with van der Waals surface area (Å²) in [7, 11) is 0. The first-order chi connectivity index (χ1) is 26.4. The quantitative estimate of drug-likeness (QED) is 0.0840. The maximum atomic E-state index is 7.02. The fraction of sp³-hybridized carbons (Fsp3) is 0. The molecule has 2 aliphatic rings. The SMILES string of the molecule is Clc1c(Br)c(Br)c(Cl)c2c1-c1nc-2nc2[n-]c(nc3nc(nc4[n-]c(n1)c1c(Cl)c(Br)c(Br)c(Cl)c41)-c1c(Cl)c(Br)c(Br)c(Cl)c1-3)c1c(Cl)c(Br)c(Br)c(Cl)c21.[Cu+2]. The summed E-state index contributed by atoms with van der Waals surface area (Å²) in [5.41, 5.74) is 1.67. The van der Waals surface area contributed by atoms with Crippen molar-refractivity contribution < 1.29 is 17.1 Å². The minimum Gasteiger partial charge on any atom is -0.357 e. The van der Waals surface area contributed by atoms with Gasteiger partial charge in [0.2, 0.25) is 0 Å². The van der Waals surface area contributed by atoms with E-state index in [1.165, 1.54) is 0 Å². The van der Waals surface area contributed by atoms with Crippen LogP contribution in [0.5, 0.6) is 0 Å². The third-order valence-electron chi connectivity index (χ3n) is 8.55. The second kappa shape index (κ2) is 16.2. The first kappa shape index (κ1) is 44.5. The second-order valence-electron chi connectivity index (χ2n) is 11.5. The number of halogens is 16. The van der Waals surface area contributed by atoms with Crippen molar-refractivity contribution in [3.8, 4) is 45.6 Å².